The maximum atomic E-state index is 12.3. The van der Waals surface area contributed by atoms with E-state index in [9.17, 15) is 13.6 Å². The molecule has 0 fully saturated rings. The number of H-pyrrole nitrogens is 1. The highest BCUT2D eigenvalue weighted by atomic mass is 35.5. The molecule has 1 amide bonds. The van der Waals surface area contributed by atoms with Gasteiger partial charge < -0.3 is 15.4 Å². The molecule has 6 nitrogen and oxygen atoms in total. The predicted molar refractivity (Wildman–Crippen MR) is 93.4 cm³/mol. The molecule has 2 rings (SSSR count). The number of nitrogens with one attached hydrogen (secondary N) is 3. The summed E-state index contributed by atoms with van der Waals surface area (Å²) in [6.07, 6.45) is 2.43. The van der Waals surface area contributed by atoms with Crippen molar-refractivity contribution >= 4 is 18.3 Å². The molecule has 1 aromatic heterocycles. The van der Waals surface area contributed by atoms with Gasteiger partial charge in [-0.1, -0.05) is 19.1 Å². The van der Waals surface area contributed by atoms with Crippen LogP contribution in [-0.4, -0.2) is 42.4 Å². The first-order valence-corrected chi connectivity index (χ1v) is 7.69. The van der Waals surface area contributed by atoms with Gasteiger partial charge in [-0.3, -0.25) is 9.89 Å². The standard InChI is InChI=1S/C16H20F2N4O2.ClH/c1-2-6-19-7-8-20-15(23)13-10-21-22-14(13)11-4-3-5-12(9-11)24-16(17)18;/h3-5,9-10,16,19H,2,6-8H2,1H3,(H,20,23)(H,21,22);1H. The van der Waals surface area contributed by atoms with Crippen molar-refractivity contribution in [2.45, 2.75) is 20.0 Å². The minimum atomic E-state index is -2.90. The van der Waals surface area contributed by atoms with E-state index in [2.05, 4.69) is 32.5 Å². The Bertz CT molecular complexity index is 667. The highest BCUT2D eigenvalue weighted by molar-refractivity contribution is 5.99. The van der Waals surface area contributed by atoms with Gasteiger partial charge in [0.25, 0.3) is 5.91 Å². The van der Waals surface area contributed by atoms with E-state index in [1.807, 2.05) is 0 Å². The molecule has 25 heavy (non-hydrogen) atoms. The highest BCUT2D eigenvalue weighted by Crippen LogP contribution is 2.25. The first-order valence-electron chi connectivity index (χ1n) is 7.69. The lowest BCUT2D eigenvalue weighted by atomic mass is 10.1. The van der Waals surface area contributed by atoms with Crippen LogP contribution in [0.15, 0.2) is 30.5 Å². The van der Waals surface area contributed by atoms with Crippen LogP contribution >= 0.6 is 12.4 Å². The van der Waals surface area contributed by atoms with E-state index >= 15 is 0 Å². The molecular formula is C16H21ClF2N4O2. The molecule has 0 bridgehead atoms. The molecule has 0 atom stereocenters. The smallest absolute Gasteiger partial charge is 0.387 e. The van der Waals surface area contributed by atoms with Gasteiger partial charge in [0.2, 0.25) is 0 Å². The van der Waals surface area contributed by atoms with Crippen LogP contribution in [0.3, 0.4) is 0 Å². The van der Waals surface area contributed by atoms with Crippen molar-refractivity contribution in [2.24, 2.45) is 0 Å². The molecule has 3 N–H and O–H groups in total. The Hall–Kier alpha value is -2.19. The first kappa shape index (κ1) is 20.9. The van der Waals surface area contributed by atoms with Crippen LogP contribution in [0.1, 0.15) is 23.7 Å². The maximum absolute atomic E-state index is 12.3. The van der Waals surface area contributed by atoms with E-state index in [1.165, 1.54) is 18.3 Å². The number of nitrogens with zero attached hydrogens (tertiary/aromatic N) is 1. The fraction of sp³-hybridized carbons (Fsp3) is 0.375. The number of benzene rings is 1. The summed E-state index contributed by atoms with van der Waals surface area (Å²) in [5, 5.41) is 12.6. The third-order valence-electron chi connectivity index (χ3n) is 3.25. The number of halogens is 3. The van der Waals surface area contributed by atoms with Gasteiger partial charge in [0.15, 0.2) is 0 Å². The second-order valence-corrected chi connectivity index (χ2v) is 5.07. The fourth-order valence-electron chi connectivity index (χ4n) is 2.17. The molecule has 0 spiro atoms. The lowest BCUT2D eigenvalue weighted by Crippen LogP contribution is -2.32. The molecule has 0 radical (unpaired) electrons. The third-order valence-corrected chi connectivity index (χ3v) is 3.25. The molecular weight excluding hydrogens is 354 g/mol. The van der Waals surface area contributed by atoms with Gasteiger partial charge >= 0.3 is 6.61 Å². The van der Waals surface area contributed by atoms with Crippen molar-refractivity contribution in [1.29, 1.82) is 0 Å². The molecule has 0 unspecified atom stereocenters. The monoisotopic (exact) mass is 374 g/mol. The average Bonchev–Trinajstić information content (AvgIpc) is 3.04. The van der Waals surface area contributed by atoms with Crippen molar-refractivity contribution in [1.82, 2.24) is 20.8 Å². The second kappa shape index (κ2) is 10.6. The molecule has 0 aliphatic carbocycles. The summed E-state index contributed by atoms with van der Waals surface area (Å²) in [5.41, 5.74) is 1.34. The van der Waals surface area contributed by atoms with Crippen LogP contribution in [-0.2, 0) is 0 Å². The maximum Gasteiger partial charge on any atom is 0.387 e. The SMILES string of the molecule is CCCNCCNC(=O)c1cn[nH]c1-c1cccc(OC(F)F)c1.Cl. The zero-order valence-electron chi connectivity index (χ0n) is 13.7. The fourth-order valence-corrected chi connectivity index (χ4v) is 2.17. The van der Waals surface area contributed by atoms with Gasteiger partial charge in [0.1, 0.15) is 5.75 Å². The number of hydrogen-bond acceptors (Lipinski definition) is 4. The largest absolute Gasteiger partial charge is 0.435 e. The summed E-state index contributed by atoms with van der Waals surface area (Å²) in [6, 6.07) is 6.11. The van der Waals surface area contributed by atoms with Crippen LogP contribution < -0.4 is 15.4 Å². The Morgan fingerprint density at radius 1 is 1.32 bits per heavy atom. The Kier molecular flexibility index (Phi) is 8.87. The average molecular weight is 375 g/mol. The molecule has 0 aliphatic rings. The number of ether oxygens (including phenoxy) is 1. The molecule has 1 heterocycles. The normalized spacial score (nSPS) is 10.4. The van der Waals surface area contributed by atoms with Gasteiger partial charge in [-0.25, -0.2) is 0 Å². The number of carbonyl (C=O) groups excluding carboxylic acids is 1. The van der Waals surface area contributed by atoms with E-state index in [0.29, 0.717) is 29.9 Å². The van der Waals surface area contributed by atoms with Crippen molar-refractivity contribution in [2.75, 3.05) is 19.6 Å². The quantitative estimate of drug-likeness (QED) is 0.590. The van der Waals surface area contributed by atoms with Crippen LogP contribution in [0.4, 0.5) is 8.78 Å². The number of rotatable bonds is 9. The summed E-state index contributed by atoms with van der Waals surface area (Å²) >= 11 is 0. The van der Waals surface area contributed by atoms with E-state index in [4.69, 9.17) is 0 Å². The van der Waals surface area contributed by atoms with Crippen LogP contribution in [0, 0.1) is 0 Å². The zero-order chi connectivity index (χ0) is 17.4. The van der Waals surface area contributed by atoms with Crippen molar-refractivity contribution < 1.29 is 18.3 Å². The summed E-state index contributed by atoms with van der Waals surface area (Å²) in [6.45, 7) is 1.21. The van der Waals surface area contributed by atoms with E-state index in [-0.39, 0.29) is 24.1 Å². The van der Waals surface area contributed by atoms with Gasteiger partial charge in [0, 0.05) is 18.7 Å². The summed E-state index contributed by atoms with van der Waals surface area (Å²) in [5.74, 6) is -0.260. The topological polar surface area (TPSA) is 79.0 Å². The Morgan fingerprint density at radius 3 is 2.84 bits per heavy atom. The van der Waals surface area contributed by atoms with Crippen LogP contribution in [0.2, 0.25) is 0 Å². The molecule has 0 aliphatic heterocycles. The molecule has 2 aromatic rings. The lowest BCUT2D eigenvalue weighted by molar-refractivity contribution is -0.0498. The second-order valence-electron chi connectivity index (χ2n) is 5.07. The minimum Gasteiger partial charge on any atom is -0.435 e. The molecule has 0 saturated heterocycles. The Balaban J connectivity index is 0.00000312. The number of amides is 1. The zero-order valence-corrected chi connectivity index (χ0v) is 14.5. The number of carbonyl (C=O) groups is 1. The first-order chi connectivity index (χ1) is 11.6. The molecule has 1 aromatic carbocycles. The van der Waals surface area contributed by atoms with E-state index < -0.39 is 6.61 Å². The van der Waals surface area contributed by atoms with Crippen LogP contribution in [0.5, 0.6) is 5.75 Å². The van der Waals surface area contributed by atoms with Gasteiger partial charge in [-0.2, -0.15) is 13.9 Å². The number of alkyl halides is 2. The van der Waals surface area contributed by atoms with Gasteiger partial charge in [-0.05, 0) is 25.1 Å². The highest BCUT2D eigenvalue weighted by Gasteiger charge is 2.16. The predicted octanol–water partition coefficient (Wildman–Crippen LogP) is 2.83. The Morgan fingerprint density at radius 2 is 2.12 bits per heavy atom. The van der Waals surface area contributed by atoms with E-state index in [1.54, 1.807) is 12.1 Å². The van der Waals surface area contributed by atoms with Gasteiger partial charge in [0.05, 0.1) is 17.5 Å². The van der Waals surface area contributed by atoms with Crippen molar-refractivity contribution in [3.05, 3.63) is 36.0 Å². The molecule has 0 saturated carbocycles. The molecule has 9 heteroatoms. The minimum absolute atomic E-state index is 0. The van der Waals surface area contributed by atoms with E-state index in [0.717, 1.165) is 13.0 Å². The van der Waals surface area contributed by atoms with Crippen LogP contribution in [0.25, 0.3) is 11.3 Å². The summed E-state index contributed by atoms with van der Waals surface area (Å²) < 4.78 is 29.0. The van der Waals surface area contributed by atoms with Crippen molar-refractivity contribution in [3.63, 3.8) is 0 Å². The number of hydrogen-bond donors (Lipinski definition) is 3. The molecule has 138 valence electrons. The Labute approximate surface area is 150 Å². The van der Waals surface area contributed by atoms with Gasteiger partial charge in [-0.15, -0.1) is 12.4 Å². The third kappa shape index (κ3) is 6.32. The summed E-state index contributed by atoms with van der Waals surface area (Å²) in [4.78, 5) is 12.2. The summed E-state index contributed by atoms with van der Waals surface area (Å²) in [7, 11) is 0. The number of aromatic nitrogens is 2. The van der Waals surface area contributed by atoms with Crippen molar-refractivity contribution in [3.8, 4) is 17.0 Å². The number of aromatic amines is 1. The lowest BCUT2D eigenvalue weighted by Gasteiger charge is -2.08.